The van der Waals surface area contributed by atoms with Crippen LogP contribution in [0.3, 0.4) is 0 Å². The van der Waals surface area contributed by atoms with Crippen LogP contribution in [0.15, 0.2) is 12.1 Å². The first kappa shape index (κ1) is 15.1. The Morgan fingerprint density at radius 3 is 2.05 bits per heavy atom. The summed E-state index contributed by atoms with van der Waals surface area (Å²) in [5.41, 5.74) is 0.0950. The minimum atomic E-state index is -3.54. The number of benzene rings is 1. The summed E-state index contributed by atoms with van der Waals surface area (Å²) in [6.45, 7) is 0. The fraction of sp³-hybridized carbons (Fsp3) is 0.364. The highest BCUT2D eigenvalue weighted by atomic mass is 32.2. The monoisotopic (exact) mass is 289 g/mol. The second-order valence-corrected chi connectivity index (χ2v) is 5.37. The summed E-state index contributed by atoms with van der Waals surface area (Å²) >= 11 is 0. The topological polar surface area (TPSA) is 90.9 Å². The summed E-state index contributed by atoms with van der Waals surface area (Å²) in [5.74, 6) is -0.102. The number of hydrogen-bond donors (Lipinski definition) is 1. The quantitative estimate of drug-likeness (QED) is 0.808. The van der Waals surface area contributed by atoms with Crippen LogP contribution in [0.5, 0.6) is 11.5 Å². The lowest BCUT2D eigenvalue weighted by molar-refractivity contribution is 0.0601. The van der Waals surface area contributed by atoms with Crippen LogP contribution >= 0.6 is 0 Å². The molecule has 1 aromatic rings. The Morgan fingerprint density at radius 1 is 1.11 bits per heavy atom. The Hall–Kier alpha value is -1.96. The van der Waals surface area contributed by atoms with Crippen molar-refractivity contribution >= 4 is 21.7 Å². The van der Waals surface area contributed by atoms with Crippen molar-refractivity contribution in [1.82, 2.24) is 0 Å². The zero-order valence-corrected chi connectivity index (χ0v) is 11.8. The molecule has 0 saturated carbocycles. The fourth-order valence-corrected chi connectivity index (χ4v) is 2.01. The third kappa shape index (κ3) is 3.75. The minimum absolute atomic E-state index is 0.0329. The number of rotatable bonds is 5. The largest absolute Gasteiger partial charge is 0.493 e. The van der Waals surface area contributed by atoms with E-state index in [1.54, 1.807) is 0 Å². The molecule has 1 N–H and O–H groups in total. The van der Waals surface area contributed by atoms with E-state index in [0.717, 1.165) is 6.26 Å². The van der Waals surface area contributed by atoms with E-state index in [2.05, 4.69) is 9.46 Å². The van der Waals surface area contributed by atoms with E-state index in [1.807, 2.05) is 0 Å². The summed E-state index contributed by atoms with van der Waals surface area (Å²) in [7, 11) is 0.466. The third-order valence-electron chi connectivity index (χ3n) is 2.22. The van der Waals surface area contributed by atoms with Gasteiger partial charge in [-0.15, -0.1) is 0 Å². The Labute approximate surface area is 111 Å². The molecule has 0 atom stereocenters. The van der Waals surface area contributed by atoms with Gasteiger partial charge < -0.3 is 14.2 Å². The highest BCUT2D eigenvalue weighted by molar-refractivity contribution is 7.92. The van der Waals surface area contributed by atoms with Crippen molar-refractivity contribution in [2.24, 2.45) is 0 Å². The predicted octanol–water partition coefficient (Wildman–Crippen LogP) is 0.862. The summed E-state index contributed by atoms with van der Waals surface area (Å²) in [4.78, 5) is 11.6. The average Bonchev–Trinajstić information content (AvgIpc) is 2.35. The van der Waals surface area contributed by atoms with Crippen molar-refractivity contribution in [1.29, 1.82) is 0 Å². The normalized spacial score (nSPS) is 10.7. The van der Waals surface area contributed by atoms with Crippen LogP contribution in [0.2, 0.25) is 0 Å². The minimum Gasteiger partial charge on any atom is -0.493 e. The Morgan fingerprint density at radius 2 is 1.63 bits per heavy atom. The summed E-state index contributed by atoms with van der Waals surface area (Å²) in [6, 6.07) is 2.70. The average molecular weight is 289 g/mol. The maximum absolute atomic E-state index is 11.6. The summed E-state index contributed by atoms with van der Waals surface area (Å²) in [6.07, 6.45) is 0.977. The molecule has 0 aliphatic carbocycles. The van der Waals surface area contributed by atoms with E-state index in [1.165, 1.54) is 33.5 Å². The van der Waals surface area contributed by atoms with Crippen molar-refractivity contribution in [2.45, 2.75) is 0 Å². The van der Waals surface area contributed by atoms with E-state index in [4.69, 9.17) is 9.47 Å². The number of ether oxygens (including phenoxy) is 3. The van der Waals surface area contributed by atoms with Gasteiger partial charge in [-0.1, -0.05) is 0 Å². The molecule has 7 nitrogen and oxygen atoms in total. The number of sulfonamides is 1. The SMILES string of the molecule is COC(=O)c1cc(OC)c(OC)cc1NS(C)(=O)=O. The highest BCUT2D eigenvalue weighted by Crippen LogP contribution is 2.34. The lowest BCUT2D eigenvalue weighted by Crippen LogP contribution is -2.14. The van der Waals surface area contributed by atoms with Gasteiger partial charge in [-0.05, 0) is 0 Å². The van der Waals surface area contributed by atoms with Gasteiger partial charge in [-0.25, -0.2) is 13.2 Å². The number of carbonyl (C=O) groups excluding carboxylic acids is 1. The number of esters is 1. The molecule has 0 aromatic heterocycles. The van der Waals surface area contributed by atoms with Gasteiger partial charge in [0.05, 0.1) is 38.8 Å². The molecule has 0 aliphatic rings. The van der Waals surface area contributed by atoms with Crippen molar-refractivity contribution in [3.05, 3.63) is 17.7 Å². The Bertz CT molecular complexity index is 581. The van der Waals surface area contributed by atoms with Gasteiger partial charge in [-0.3, -0.25) is 4.72 Å². The first-order valence-electron chi connectivity index (χ1n) is 5.14. The zero-order valence-electron chi connectivity index (χ0n) is 11.0. The first-order chi connectivity index (χ1) is 8.82. The van der Waals surface area contributed by atoms with Crippen LogP contribution in [0.25, 0.3) is 0 Å². The molecule has 0 fully saturated rings. The van der Waals surface area contributed by atoms with Crippen molar-refractivity contribution in [3.63, 3.8) is 0 Å². The van der Waals surface area contributed by atoms with Crippen molar-refractivity contribution in [2.75, 3.05) is 32.3 Å². The standard InChI is InChI=1S/C11H15NO6S/c1-16-9-5-7(11(13)18-3)8(6-10(9)17-2)12-19(4,14)15/h5-6,12H,1-4H3. The van der Waals surface area contributed by atoms with E-state index in [-0.39, 0.29) is 11.3 Å². The smallest absolute Gasteiger partial charge is 0.340 e. The summed E-state index contributed by atoms with van der Waals surface area (Å²) in [5, 5.41) is 0. The summed E-state index contributed by atoms with van der Waals surface area (Å²) < 4.78 is 39.5. The second kappa shape index (κ2) is 5.79. The van der Waals surface area contributed by atoms with E-state index in [9.17, 15) is 13.2 Å². The number of anilines is 1. The van der Waals surface area contributed by atoms with Gasteiger partial charge in [0.1, 0.15) is 0 Å². The van der Waals surface area contributed by atoms with Gasteiger partial charge >= 0.3 is 5.97 Å². The number of methoxy groups -OCH3 is 3. The van der Waals surface area contributed by atoms with Gasteiger partial charge in [-0.2, -0.15) is 0 Å². The molecule has 0 bridgehead atoms. The van der Waals surface area contributed by atoms with Crippen molar-refractivity contribution < 1.29 is 27.4 Å². The highest BCUT2D eigenvalue weighted by Gasteiger charge is 2.19. The van der Waals surface area contributed by atoms with Crippen LogP contribution in [-0.4, -0.2) is 42.0 Å². The van der Waals surface area contributed by atoms with Gasteiger partial charge in [0.2, 0.25) is 10.0 Å². The van der Waals surface area contributed by atoms with Crippen LogP contribution in [-0.2, 0) is 14.8 Å². The first-order valence-corrected chi connectivity index (χ1v) is 7.03. The van der Waals surface area contributed by atoms with E-state index >= 15 is 0 Å². The molecule has 0 aliphatic heterocycles. The molecular weight excluding hydrogens is 274 g/mol. The van der Waals surface area contributed by atoms with Crippen molar-refractivity contribution in [3.8, 4) is 11.5 Å². The molecule has 0 saturated heterocycles. The Kier molecular flexibility index (Phi) is 4.60. The lowest BCUT2D eigenvalue weighted by atomic mass is 10.1. The van der Waals surface area contributed by atoms with Gasteiger partial charge in [0.15, 0.2) is 11.5 Å². The molecule has 8 heteroatoms. The van der Waals surface area contributed by atoms with E-state index < -0.39 is 16.0 Å². The predicted molar refractivity (Wildman–Crippen MR) is 69.4 cm³/mol. The molecule has 0 spiro atoms. The number of nitrogens with one attached hydrogen (secondary N) is 1. The van der Waals surface area contributed by atoms with Crippen LogP contribution in [0.4, 0.5) is 5.69 Å². The third-order valence-corrected chi connectivity index (χ3v) is 2.82. The molecule has 19 heavy (non-hydrogen) atoms. The fourth-order valence-electron chi connectivity index (χ4n) is 1.44. The van der Waals surface area contributed by atoms with Gasteiger partial charge in [0, 0.05) is 12.1 Å². The van der Waals surface area contributed by atoms with Crippen LogP contribution in [0, 0.1) is 0 Å². The lowest BCUT2D eigenvalue weighted by Gasteiger charge is -2.14. The van der Waals surface area contributed by atoms with E-state index in [0.29, 0.717) is 11.5 Å². The molecule has 1 rings (SSSR count). The molecule has 0 radical (unpaired) electrons. The number of carbonyl (C=O) groups is 1. The maximum atomic E-state index is 11.6. The molecule has 0 amide bonds. The second-order valence-electron chi connectivity index (χ2n) is 3.62. The molecule has 0 unspecified atom stereocenters. The number of hydrogen-bond acceptors (Lipinski definition) is 6. The molecular formula is C11H15NO6S. The van der Waals surface area contributed by atoms with Crippen LogP contribution in [0.1, 0.15) is 10.4 Å². The Balaban J connectivity index is 3.44. The maximum Gasteiger partial charge on any atom is 0.340 e. The zero-order chi connectivity index (χ0) is 14.6. The molecule has 1 aromatic carbocycles. The van der Waals surface area contributed by atoms with Gasteiger partial charge in [0.25, 0.3) is 0 Å². The molecule has 0 heterocycles. The molecule has 106 valence electrons. The van der Waals surface area contributed by atoms with Crippen LogP contribution < -0.4 is 14.2 Å².